The highest BCUT2D eigenvalue weighted by Gasteiger charge is 2.13. The number of hydrogen-bond donors (Lipinski definition) is 2. The lowest BCUT2D eigenvalue weighted by atomic mass is 10.1. The Morgan fingerprint density at radius 3 is 1.84 bits per heavy atom. The van der Waals surface area contributed by atoms with Crippen LogP contribution in [0, 0.1) is 0 Å². The zero-order valence-corrected chi connectivity index (χ0v) is 18.5. The van der Waals surface area contributed by atoms with Crippen molar-refractivity contribution in [2.75, 3.05) is 37.9 Å². The van der Waals surface area contributed by atoms with Crippen molar-refractivity contribution in [3.63, 3.8) is 0 Å². The first-order valence-corrected chi connectivity index (χ1v) is 10.8. The van der Waals surface area contributed by atoms with Gasteiger partial charge in [-0.25, -0.2) is 4.98 Å². The van der Waals surface area contributed by atoms with Crippen molar-refractivity contribution in [1.82, 2.24) is 9.97 Å². The molecule has 4 rings (SSSR count). The van der Waals surface area contributed by atoms with Crippen LogP contribution in [0.3, 0.4) is 0 Å². The molecule has 6 heteroatoms. The van der Waals surface area contributed by atoms with Gasteiger partial charge in [-0.15, -0.1) is 0 Å². The van der Waals surface area contributed by atoms with E-state index >= 15 is 0 Å². The van der Waals surface area contributed by atoms with Crippen LogP contribution in [0.5, 0.6) is 11.5 Å². The number of nitrogens with zero attached hydrogens (tertiary/aromatic N) is 2. The van der Waals surface area contributed by atoms with E-state index in [1.54, 1.807) is 14.2 Å². The lowest BCUT2D eigenvalue weighted by molar-refractivity contribution is 0.356. The van der Waals surface area contributed by atoms with Crippen LogP contribution in [0.1, 0.15) is 11.1 Å². The molecule has 0 spiro atoms. The predicted molar refractivity (Wildman–Crippen MR) is 130 cm³/mol. The Labute approximate surface area is 188 Å². The highest BCUT2D eigenvalue weighted by Crippen LogP contribution is 2.34. The van der Waals surface area contributed by atoms with Crippen LogP contribution in [0.2, 0.25) is 0 Å². The summed E-state index contributed by atoms with van der Waals surface area (Å²) in [6, 6.07) is 24.6. The van der Waals surface area contributed by atoms with E-state index in [-0.39, 0.29) is 0 Å². The molecule has 0 amide bonds. The summed E-state index contributed by atoms with van der Waals surface area (Å²) in [6.45, 7) is 1.50. The lowest BCUT2D eigenvalue weighted by Crippen LogP contribution is -2.12. The van der Waals surface area contributed by atoms with Gasteiger partial charge >= 0.3 is 0 Å². The van der Waals surface area contributed by atoms with Gasteiger partial charge in [0.25, 0.3) is 0 Å². The second-order valence-corrected chi connectivity index (χ2v) is 7.44. The monoisotopic (exact) mass is 428 g/mol. The van der Waals surface area contributed by atoms with Crippen LogP contribution in [0.4, 0.5) is 11.8 Å². The van der Waals surface area contributed by atoms with E-state index in [0.717, 1.165) is 42.7 Å². The van der Waals surface area contributed by atoms with Crippen molar-refractivity contribution in [3.05, 3.63) is 83.9 Å². The molecular weight excluding hydrogens is 400 g/mol. The Balaban J connectivity index is 1.57. The summed E-state index contributed by atoms with van der Waals surface area (Å²) in [5, 5.41) is 7.74. The van der Waals surface area contributed by atoms with Gasteiger partial charge in [0.2, 0.25) is 5.95 Å². The zero-order valence-electron chi connectivity index (χ0n) is 18.5. The van der Waals surface area contributed by atoms with E-state index in [2.05, 4.69) is 59.2 Å². The number of methoxy groups -OCH3 is 2. The summed E-state index contributed by atoms with van der Waals surface area (Å²) in [5.74, 6) is 2.65. The maximum absolute atomic E-state index is 5.49. The topological polar surface area (TPSA) is 68.3 Å². The third-order valence-electron chi connectivity index (χ3n) is 5.29. The normalized spacial score (nSPS) is 10.7. The first-order chi connectivity index (χ1) is 15.8. The molecule has 0 radical (unpaired) electrons. The summed E-state index contributed by atoms with van der Waals surface area (Å²) in [7, 11) is 3.26. The average molecular weight is 429 g/mol. The summed E-state index contributed by atoms with van der Waals surface area (Å²) in [4.78, 5) is 9.48. The predicted octanol–water partition coefficient (Wildman–Crippen LogP) is 4.96. The molecule has 0 aliphatic carbocycles. The molecule has 2 N–H and O–H groups in total. The fourth-order valence-electron chi connectivity index (χ4n) is 3.60. The zero-order chi connectivity index (χ0) is 22.2. The van der Waals surface area contributed by atoms with Crippen LogP contribution in [0.15, 0.2) is 72.8 Å². The molecule has 1 aromatic heterocycles. The number of anilines is 2. The Hall–Kier alpha value is -3.80. The van der Waals surface area contributed by atoms with Crippen molar-refractivity contribution < 1.29 is 9.47 Å². The summed E-state index contributed by atoms with van der Waals surface area (Å²) >= 11 is 0. The molecule has 0 atom stereocenters. The van der Waals surface area contributed by atoms with Gasteiger partial charge in [0.15, 0.2) is 11.5 Å². The molecular formula is C26H28N4O2. The minimum atomic E-state index is 0.586. The van der Waals surface area contributed by atoms with E-state index in [1.165, 1.54) is 11.1 Å². The van der Waals surface area contributed by atoms with Crippen molar-refractivity contribution >= 4 is 22.7 Å². The van der Waals surface area contributed by atoms with Crippen molar-refractivity contribution in [3.8, 4) is 11.5 Å². The minimum absolute atomic E-state index is 0.586. The second kappa shape index (κ2) is 10.5. The largest absolute Gasteiger partial charge is 0.493 e. The Morgan fingerprint density at radius 2 is 1.25 bits per heavy atom. The fraction of sp³-hybridized carbons (Fsp3) is 0.231. The lowest BCUT2D eigenvalue weighted by Gasteiger charge is -2.14. The van der Waals surface area contributed by atoms with Crippen molar-refractivity contribution in [2.45, 2.75) is 12.8 Å². The third-order valence-corrected chi connectivity index (χ3v) is 5.29. The van der Waals surface area contributed by atoms with E-state index in [4.69, 9.17) is 19.4 Å². The van der Waals surface area contributed by atoms with Gasteiger partial charge < -0.3 is 20.1 Å². The second-order valence-electron chi connectivity index (χ2n) is 7.44. The van der Waals surface area contributed by atoms with E-state index in [9.17, 15) is 0 Å². The first-order valence-electron chi connectivity index (χ1n) is 10.8. The molecule has 32 heavy (non-hydrogen) atoms. The number of rotatable bonds is 10. The molecule has 1 heterocycles. The van der Waals surface area contributed by atoms with Crippen molar-refractivity contribution in [2.24, 2.45) is 0 Å². The summed E-state index contributed by atoms with van der Waals surface area (Å²) in [6.07, 6.45) is 1.79. The first kappa shape index (κ1) is 21.4. The molecule has 0 bridgehead atoms. The standard InChI is InChI=1S/C26H28N4O2/c1-31-23-17-21-22(18-24(23)32-2)29-26(28-16-14-20-11-7-4-8-12-20)30-25(21)27-15-13-19-9-5-3-6-10-19/h3-12,17-18H,13-16H2,1-2H3,(H2,27,28,29,30). The number of hydrogen-bond acceptors (Lipinski definition) is 6. The molecule has 0 saturated carbocycles. The molecule has 0 unspecified atom stereocenters. The smallest absolute Gasteiger partial charge is 0.225 e. The molecule has 0 fully saturated rings. The number of ether oxygens (including phenoxy) is 2. The van der Waals surface area contributed by atoms with E-state index < -0.39 is 0 Å². The minimum Gasteiger partial charge on any atom is -0.493 e. The number of nitrogens with one attached hydrogen (secondary N) is 2. The van der Waals surface area contributed by atoms with E-state index in [1.807, 2.05) is 24.3 Å². The molecule has 0 saturated heterocycles. The van der Waals surface area contributed by atoms with Gasteiger partial charge in [0.05, 0.1) is 19.7 Å². The van der Waals surface area contributed by atoms with Gasteiger partial charge in [-0.05, 0) is 30.0 Å². The summed E-state index contributed by atoms with van der Waals surface area (Å²) in [5.41, 5.74) is 3.34. The van der Waals surface area contributed by atoms with Gasteiger partial charge in [-0.1, -0.05) is 60.7 Å². The third kappa shape index (κ3) is 5.27. The highest BCUT2D eigenvalue weighted by atomic mass is 16.5. The molecule has 4 aromatic rings. The Kier molecular flexibility index (Phi) is 7.02. The molecule has 6 nitrogen and oxygen atoms in total. The van der Waals surface area contributed by atoms with Gasteiger partial charge in [-0.2, -0.15) is 4.98 Å². The van der Waals surface area contributed by atoms with Gasteiger partial charge in [0, 0.05) is 24.5 Å². The quantitative estimate of drug-likeness (QED) is 0.372. The number of aromatic nitrogens is 2. The molecule has 0 aliphatic heterocycles. The van der Waals surface area contributed by atoms with Crippen molar-refractivity contribution in [1.29, 1.82) is 0 Å². The maximum atomic E-state index is 5.49. The van der Waals surface area contributed by atoms with E-state index in [0.29, 0.717) is 17.4 Å². The molecule has 164 valence electrons. The maximum Gasteiger partial charge on any atom is 0.225 e. The van der Waals surface area contributed by atoms with Crippen LogP contribution < -0.4 is 20.1 Å². The Bertz CT molecular complexity index is 1150. The van der Waals surface area contributed by atoms with Crippen LogP contribution >= 0.6 is 0 Å². The summed E-state index contributed by atoms with van der Waals surface area (Å²) < 4.78 is 11.0. The Morgan fingerprint density at radius 1 is 0.688 bits per heavy atom. The number of fused-ring (bicyclic) bond motifs is 1. The number of benzene rings is 3. The van der Waals surface area contributed by atoms with Gasteiger partial charge in [-0.3, -0.25) is 0 Å². The highest BCUT2D eigenvalue weighted by molar-refractivity contribution is 5.92. The van der Waals surface area contributed by atoms with Gasteiger partial charge in [0.1, 0.15) is 5.82 Å². The fourth-order valence-corrected chi connectivity index (χ4v) is 3.60. The van der Waals surface area contributed by atoms with Crippen LogP contribution in [-0.2, 0) is 12.8 Å². The SMILES string of the molecule is COc1cc2nc(NCCc3ccccc3)nc(NCCc3ccccc3)c2cc1OC. The van der Waals surface area contributed by atoms with Crippen LogP contribution in [-0.4, -0.2) is 37.3 Å². The molecule has 3 aromatic carbocycles. The average Bonchev–Trinajstić information content (AvgIpc) is 2.84. The molecule has 0 aliphatic rings. The van der Waals surface area contributed by atoms with Crippen LogP contribution in [0.25, 0.3) is 10.9 Å².